The van der Waals surface area contributed by atoms with Crippen LogP contribution in [0.3, 0.4) is 0 Å². The lowest BCUT2D eigenvalue weighted by Gasteiger charge is -2.16. The molecule has 1 amide bonds. The second-order valence-corrected chi connectivity index (χ2v) is 5.82. The van der Waals surface area contributed by atoms with Gasteiger partial charge in [-0.2, -0.15) is 5.10 Å². The standard InChI is InChI=1S/C15H19N3O/c1-15(2,3)10-14(19)16-13-9-12(17-18-13)11-7-5-4-6-8-11/h4-9H,10H2,1-3H3,(H2,16,17,18,19). The fourth-order valence-corrected chi connectivity index (χ4v) is 1.82. The molecule has 2 aromatic rings. The van der Waals surface area contributed by atoms with Crippen molar-refractivity contribution in [2.75, 3.05) is 5.32 Å². The second kappa shape index (κ2) is 5.26. The summed E-state index contributed by atoms with van der Waals surface area (Å²) in [5, 5.41) is 9.84. The minimum Gasteiger partial charge on any atom is -0.309 e. The van der Waals surface area contributed by atoms with E-state index in [9.17, 15) is 4.79 Å². The summed E-state index contributed by atoms with van der Waals surface area (Å²) in [7, 11) is 0. The molecule has 0 aliphatic carbocycles. The van der Waals surface area contributed by atoms with Gasteiger partial charge >= 0.3 is 0 Å². The molecule has 0 unspecified atom stereocenters. The number of nitrogens with one attached hydrogen (secondary N) is 2. The largest absolute Gasteiger partial charge is 0.309 e. The summed E-state index contributed by atoms with van der Waals surface area (Å²) in [6.07, 6.45) is 0.473. The van der Waals surface area contributed by atoms with E-state index in [1.807, 2.05) is 57.2 Å². The van der Waals surface area contributed by atoms with Gasteiger partial charge in [0.05, 0.1) is 5.69 Å². The Bertz CT molecular complexity index is 552. The highest BCUT2D eigenvalue weighted by atomic mass is 16.1. The van der Waals surface area contributed by atoms with Crippen LogP contribution in [0.2, 0.25) is 0 Å². The van der Waals surface area contributed by atoms with Crippen molar-refractivity contribution < 1.29 is 4.79 Å². The lowest BCUT2D eigenvalue weighted by atomic mass is 9.92. The van der Waals surface area contributed by atoms with Gasteiger partial charge in [0.25, 0.3) is 0 Å². The Hall–Kier alpha value is -2.10. The third kappa shape index (κ3) is 3.95. The van der Waals surface area contributed by atoms with Crippen molar-refractivity contribution in [2.45, 2.75) is 27.2 Å². The predicted octanol–water partition coefficient (Wildman–Crippen LogP) is 3.45. The molecule has 1 aromatic heterocycles. The van der Waals surface area contributed by atoms with Crippen molar-refractivity contribution in [3.05, 3.63) is 36.4 Å². The molecule has 1 aromatic carbocycles. The van der Waals surface area contributed by atoms with E-state index in [2.05, 4.69) is 15.5 Å². The Morgan fingerprint density at radius 2 is 1.95 bits per heavy atom. The molecular weight excluding hydrogens is 238 g/mol. The number of carbonyl (C=O) groups excluding carboxylic acids is 1. The quantitative estimate of drug-likeness (QED) is 0.884. The fraction of sp³-hybridized carbons (Fsp3) is 0.333. The van der Waals surface area contributed by atoms with Crippen LogP contribution in [0.25, 0.3) is 11.3 Å². The summed E-state index contributed by atoms with van der Waals surface area (Å²) in [5.41, 5.74) is 1.92. The Balaban J connectivity index is 2.04. The smallest absolute Gasteiger partial charge is 0.226 e. The van der Waals surface area contributed by atoms with E-state index in [1.165, 1.54) is 0 Å². The molecule has 0 aliphatic rings. The molecule has 0 bridgehead atoms. The maximum Gasteiger partial charge on any atom is 0.226 e. The zero-order valence-corrected chi connectivity index (χ0v) is 11.5. The lowest BCUT2D eigenvalue weighted by Crippen LogP contribution is -2.19. The van der Waals surface area contributed by atoms with Crippen LogP contribution in [0.5, 0.6) is 0 Å². The van der Waals surface area contributed by atoms with Crippen molar-refractivity contribution in [1.82, 2.24) is 10.2 Å². The van der Waals surface area contributed by atoms with Crippen LogP contribution in [0, 0.1) is 5.41 Å². The predicted molar refractivity (Wildman–Crippen MR) is 76.7 cm³/mol. The molecule has 0 saturated carbocycles. The minimum absolute atomic E-state index is 0.0152. The molecule has 0 radical (unpaired) electrons. The SMILES string of the molecule is CC(C)(C)CC(=O)Nc1cc(-c2ccccc2)[nH]n1. The normalized spacial score (nSPS) is 11.3. The number of hydrogen-bond acceptors (Lipinski definition) is 2. The third-order valence-electron chi connectivity index (χ3n) is 2.62. The molecule has 0 saturated heterocycles. The van der Waals surface area contributed by atoms with Gasteiger partial charge in [-0.05, 0) is 11.0 Å². The Kier molecular flexibility index (Phi) is 3.69. The molecule has 100 valence electrons. The topological polar surface area (TPSA) is 57.8 Å². The van der Waals surface area contributed by atoms with Gasteiger partial charge < -0.3 is 5.32 Å². The van der Waals surface area contributed by atoms with E-state index in [4.69, 9.17) is 0 Å². The molecule has 1 heterocycles. The summed E-state index contributed by atoms with van der Waals surface area (Å²) in [6, 6.07) is 11.7. The molecule has 4 heteroatoms. The van der Waals surface area contributed by atoms with Gasteiger partial charge in [-0.3, -0.25) is 9.89 Å². The van der Waals surface area contributed by atoms with E-state index in [1.54, 1.807) is 0 Å². The molecule has 4 nitrogen and oxygen atoms in total. The maximum absolute atomic E-state index is 11.8. The van der Waals surface area contributed by atoms with Crippen LogP contribution in [-0.2, 0) is 4.79 Å². The number of aromatic nitrogens is 2. The molecule has 0 spiro atoms. The number of anilines is 1. The highest BCUT2D eigenvalue weighted by Crippen LogP contribution is 2.21. The lowest BCUT2D eigenvalue weighted by molar-refractivity contribution is -0.117. The Labute approximate surface area is 113 Å². The number of nitrogens with zero attached hydrogens (tertiary/aromatic N) is 1. The third-order valence-corrected chi connectivity index (χ3v) is 2.62. The van der Waals surface area contributed by atoms with Crippen LogP contribution in [0.15, 0.2) is 36.4 Å². The van der Waals surface area contributed by atoms with E-state index in [-0.39, 0.29) is 11.3 Å². The zero-order valence-electron chi connectivity index (χ0n) is 11.5. The zero-order chi connectivity index (χ0) is 13.9. The highest BCUT2D eigenvalue weighted by Gasteiger charge is 2.16. The Morgan fingerprint density at radius 1 is 1.26 bits per heavy atom. The van der Waals surface area contributed by atoms with Crippen LogP contribution < -0.4 is 5.32 Å². The molecule has 2 rings (SSSR count). The van der Waals surface area contributed by atoms with Crippen molar-refractivity contribution in [3.63, 3.8) is 0 Å². The van der Waals surface area contributed by atoms with Crippen LogP contribution in [0.1, 0.15) is 27.2 Å². The number of hydrogen-bond donors (Lipinski definition) is 2. The summed E-state index contributed by atoms with van der Waals surface area (Å²) in [6.45, 7) is 6.10. The number of aromatic amines is 1. The first-order chi connectivity index (χ1) is 8.94. The van der Waals surface area contributed by atoms with E-state index < -0.39 is 0 Å². The summed E-state index contributed by atoms with van der Waals surface area (Å²) >= 11 is 0. The average molecular weight is 257 g/mol. The number of benzene rings is 1. The van der Waals surface area contributed by atoms with Crippen molar-refractivity contribution in [2.24, 2.45) is 5.41 Å². The first kappa shape index (κ1) is 13.3. The van der Waals surface area contributed by atoms with E-state index in [0.29, 0.717) is 12.2 Å². The molecule has 0 atom stereocenters. The van der Waals surface area contributed by atoms with Crippen LogP contribution in [0.4, 0.5) is 5.82 Å². The molecule has 0 aliphatic heterocycles. The summed E-state index contributed by atoms with van der Waals surface area (Å²) in [5.74, 6) is 0.548. The molecular formula is C15H19N3O. The highest BCUT2D eigenvalue weighted by molar-refractivity contribution is 5.90. The first-order valence-electron chi connectivity index (χ1n) is 6.35. The van der Waals surface area contributed by atoms with Crippen LogP contribution >= 0.6 is 0 Å². The Morgan fingerprint density at radius 3 is 2.58 bits per heavy atom. The number of H-pyrrole nitrogens is 1. The summed E-state index contributed by atoms with van der Waals surface area (Å²) in [4.78, 5) is 11.8. The van der Waals surface area contributed by atoms with Gasteiger partial charge in [0.1, 0.15) is 0 Å². The van der Waals surface area contributed by atoms with Gasteiger partial charge in [0, 0.05) is 12.5 Å². The van der Waals surface area contributed by atoms with Crippen molar-refractivity contribution >= 4 is 11.7 Å². The van der Waals surface area contributed by atoms with Crippen LogP contribution in [-0.4, -0.2) is 16.1 Å². The molecule has 0 fully saturated rings. The maximum atomic E-state index is 11.8. The van der Waals surface area contributed by atoms with Gasteiger partial charge in [-0.15, -0.1) is 0 Å². The van der Waals surface area contributed by atoms with E-state index >= 15 is 0 Å². The van der Waals surface area contributed by atoms with Crippen molar-refractivity contribution in [1.29, 1.82) is 0 Å². The number of rotatable bonds is 3. The van der Waals surface area contributed by atoms with E-state index in [0.717, 1.165) is 11.3 Å². The fourth-order valence-electron chi connectivity index (χ4n) is 1.82. The average Bonchev–Trinajstić information content (AvgIpc) is 2.76. The van der Waals surface area contributed by atoms with Gasteiger partial charge in [-0.25, -0.2) is 0 Å². The summed E-state index contributed by atoms with van der Waals surface area (Å²) < 4.78 is 0. The first-order valence-corrected chi connectivity index (χ1v) is 6.35. The number of amides is 1. The minimum atomic E-state index is -0.0251. The second-order valence-electron chi connectivity index (χ2n) is 5.82. The van der Waals surface area contributed by atoms with Crippen molar-refractivity contribution in [3.8, 4) is 11.3 Å². The van der Waals surface area contributed by atoms with Gasteiger partial charge in [-0.1, -0.05) is 51.1 Å². The number of carbonyl (C=O) groups is 1. The molecule has 2 N–H and O–H groups in total. The molecule has 19 heavy (non-hydrogen) atoms. The van der Waals surface area contributed by atoms with Gasteiger partial charge in [0.15, 0.2) is 5.82 Å². The monoisotopic (exact) mass is 257 g/mol. The van der Waals surface area contributed by atoms with Gasteiger partial charge in [0.2, 0.25) is 5.91 Å².